The van der Waals surface area contributed by atoms with Crippen LogP contribution in [0.1, 0.15) is 91.9 Å². The minimum absolute atomic E-state index is 0. The molecule has 0 saturated heterocycles. The Balaban J connectivity index is 0.00000193. The molecule has 7 heteroatoms. The van der Waals surface area contributed by atoms with Crippen molar-refractivity contribution in [3.05, 3.63) is 158 Å². The van der Waals surface area contributed by atoms with Crippen LogP contribution in [0, 0.1) is 28.7 Å². The average Bonchev–Trinajstić information content (AvgIpc) is 3.78. The summed E-state index contributed by atoms with van der Waals surface area (Å²) in [5.74, 6) is 1.13. The van der Waals surface area contributed by atoms with Gasteiger partial charge >= 0.3 is 0 Å². The standard InChI is InChI=1S/C53H54N2O4.2CH3.Hf/c1-34-30-42(52(56)48(32-34)54-44-22-9-3-16-36(44)37-17-4-10-23-45(37)54)40-20-7-13-26-50(40)58-28-15-29-59-51-27-14-8-21-41(51)43-31-35(2)33-49(53(43)57)55-46-24-11-5-18-38(46)39-19-6-12-25-47(39)55;;;/h3-6,9-12,16-19,22-25,30-33,40-41,50-51,56-57H,7-8,13-15,20-21,26-29H2,1-2H3;2*1H3;/q;2*-1;/p+2. The molecule has 0 bridgehead atoms. The molecule has 0 amide bonds. The number of aryl methyl sites for hydroxylation is 2. The fourth-order valence-electron chi connectivity index (χ4n) is 10.8. The van der Waals surface area contributed by atoms with Gasteiger partial charge in [0.05, 0.1) is 51.7 Å². The molecular weight excluding hydrogens is 931 g/mol. The van der Waals surface area contributed by atoms with Crippen molar-refractivity contribution in [2.24, 2.45) is 0 Å². The maximum Gasteiger partial charge on any atom is 0.161 e. The second-order valence-electron chi connectivity index (χ2n) is 17.3. The smallest absolute Gasteiger partial charge is 0.161 e. The summed E-state index contributed by atoms with van der Waals surface area (Å²) >= 11 is 0. The summed E-state index contributed by atoms with van der Waals surface area (Å²) in [4.78, 5) is 0. The molecule has 4 atom stereocenters. The molecule has 0 spiro atoms. The molecule has 0 aliphatic heterocycles. The zero-order chi connectivity index (χ0) is 40.0. The Labute approximate surface area is 386 Å². The number of hydrogen-bond acceptors (Lipinski definition) is 2. The Morgan fingerprint density at radius 3 is 1.16 bits per heavy atom. The molecule has 2 aliphatic rings. The van der Waals surface area contributed by atoms with E-state index in [1.54, 1.807) is 0 Å². The third-order valence-electron chi connectivity index (χ3n) is 13.5. The monoisotopic (exact) mass is 994 g/mol. The number of aliphatic hydroxyl groups is 4. The van der Waals surface area contributed by atoms with E-state index in [4.69, 9.17) is 9.47 Å². The molecule has 320 valence electrons. The number of rotatable bonds is 10. The van der Waals surface area contributed by atoms with Crippen LogP contribution in [0.5, 0.6) is 11.5 Å². The fraction of sp³-hybridized carbons (Fsp3) is 0.309. The van der Waals surface area contributed by atoms with Gasteiger partial charge in [0.25, 0.3) is 0 Å². The van der Waals surface area contributed by atoms with Crippen LogP contribution in [0.2, 0.25) is 0 Å². The van der Waals surface area contributed by atoms with E-state index in [0.717, 1.165) is 114 Å². The summed E-state index contributed by atoms with van der Waals surface area (Å²) < 4.78 is 15.2. The first-order chi connectivity index (χ1) is 29.0. The molecule has 6 nitrogen and oxygen atoms in total. The summed E-state index contributed by atoms with van der Waals surface area (Å²) in [5, 5.41) is 29.1. The van der Waals surface area contributed by atoms with Gasteiger partial charge in [-0.15, -0.1) is 0 Å². The Kier molecular flexibility index (Phi) is 14.2. The van der Waals surface area contributed by atoms with E-state index in [9.17, 15) is 10.2 Å². The van der Waals surface area contributed by atoms with Gasteiger partial charge in [-0.1, -0.05) is 97.8 Å². The molecule has 2 aromatic heterocycles. The molecule has 8 aromatic rings. The van der Waals surface area contributed by atoms with Crippen LogP contribution < -0.4 is 0 Å². The molecular formula is C55H62HfN2O4. The fourth-order valence-corrected chi connectivity index (χ4v) is 10.8. The molecule has 0 radical (unpaired) electrons. The van der Waals surface area contributed by atoms with Crippen LogP contribution in [0.4, 0.5) is 0 Å². The molecule has 10 rings (SSSR count). The second-order valence-corrected chi connectivity index (χ2v) is 17.3. The minimum atomic E-state index is 0. The number of nitrogens with zero attached hydrogens (tertiary/aromatic N) is 2. The first-order valence-electron chi connectivity index (χ1n) is 21.9. The van der Waals surface area contributed by atoms with E-state index >= 15 is 0 Å². The Hall–Kier alpha value is -4.69. The van der Waals surface area contributed by atoms with Crippen LogP contribution in [0.15, 0.2) is 121 Å². The van der Waals surface area contributed by atoms with Crippen LogP contribution in [-0.2, 0) is 25.8 Å². The van der Waals surface area contributed by atoms with Crippen molar-refractivity contribution in [2.75, 3.05) is 13.2 Å². The Bertz CT molecular complexity index is 2520. The van der Waals surface area contributed by atoms with Gasteiger partial charge in [-0.3, -0.25) is 0 Å². The third kappa shape index (κ3) is 8.17. The van der Waals surface area contributed by atoms with Gasteiger partial charge < -0.3 is 43.7 Å². The number of para-hydroxylation sites is 4. The molecule has 62 heavy (non-hydrogen) atoms. The average molecular weight is 994 g/mol. The summed E-state index contributed by atoms with van der Waals surface area (Å²) in [6, 6.07) is 42.7. The second kappa shape index (κ2) is 19.4. The zero-order valence-electron chi connectivity index (χ0n) is 36.8. The number of phenolic OH excluding ortho intramolecular Hbond substituents is 2. The SMILES string of the molecule is Cc1cc(C2CCCCC2[OH+]CCC[OH+]C2CCCCC2c2cc(C)cc(-n3c4ccccc4c4ccccc43)c2O)c(O)c(-n2c3ccccc3c3ccccc32)c1.[CH3-].[CH3-].[Hf]. The van der Waals surface area contributed by atoms with E-state index in [1.165, 1.54) is 34.4 Å². The van der Waals surface area contributed by atoms with E-state index in [1.807, 2.05) is 0 Å². The molecule has 2 aliphatic carbocycles. The molecule has 2 saturated carbocycles. The number of fused-ring (bicyclic) bond motifs is 6. The Morgan fingerprint density at radius 1 is 0.484 bits per heavy atom. The molecule has 2 fully saturated rings. The quantitative estimate of drug-likeness (QED) is 0.0620. The van der Waals surface area contributed by atoms with Gasteiger partial charge in [-0.05, 0) is 87.1 Å². The number of ether oxygens (including phenoxy) is 2. The van der Waals surface area contributed by atoms with Crippen molar-refractivity contribution in [3.63, 3.8) is 0 Å². The van der Waals surface area contributed by atoms with Gasteiger partial charge in [-0.25, -0.2) is 0 Å². The van der Waals surface area contributed by atoms with Gasteiger partial charge in [0.1, 0.15) is 11.5 Å². The van der Waals surface area contributed by atoms with Gasteiger partial charge in [0, 0.05) is 71.4 Å². The maximum atomic E-state index is 12.2. The van der Waals surface area contributed by atoms with Gasteiger partial charge in [0.2, 0.25) is 0 Å². The maximum absolute atomic E-state index is 12.2. The molecule has 6 aromatic carbocycles. The summed E-state index contributed by atoms with van der Waals surface area (Å²) in [5.41, 5.74) is 10.5. The van der Waals surface area contributed by atoms with Crippen LogP contribution in [0.3, 0.4) is 0 Å². The van der Waals surface area contributed by atoms with E-state index in [2.05, 4.69) is 144 Å². The number of hydrogen-bond donors (Lipinski definition) is 2. The molecule has 2 heterocycles. The van der Waals surface area contributed by atoms with E-state index < -0.39 is 0 Å². The van der Waals surface area contributed by atoms with E-state index in [0.29, 0.717) is 11.5 Å². The zero-order valence-corrected chi connectivity index (χ0v) is 40.4. The van der Waals surface area contributed by atoms with Crippen molar-refractivity contribution in [1.82, 2.24) is 9.13 Å². The van der Waals surface area contributed by atoms with Gasteiger partial charge in [-0.2, -0.15) is 0 Å². The topological polar surface area (TPSA) is 75.9 Å². The van der Waals surface area contributed by atoms with Crippen LogP contribution in [-0.4, -0.2) is 54.2 Å². The molecule has 4 N–H and O–H groups in total. The molecule has 4 unspecified atom stereocenters. The van der Waals surface area contributed by atoms with Crippen LogP contribution >= 0.6 is 0 Å². The predicted molar refractivity (Wildman–Crippen MR) is 256 cm³/mol. The minimum Gasteiger partial charge on any atom is -0.505 e. The number of aromatic nitrogens is 2. The number of phenols is 2. The van der Waals surface area contributed by atoms with Crippen molar-refractivity contribution < 1.29 is 45.5 Å². The Morgan fingerprint density at radius 2 is 0.806 bits per heavy atom. The first kappa shape index (κ1) is 45.3. The summed E-state index contributed by atoms with van der Waals surface area (Å²) in [6.45, 7) is 5.83. The summed E-state index contributed by atoms with van der Waals surface area (Å²) in [7, 11) is 0. The van der Waals surface area contributed by atoms with Crippen molar-refractivity contribution in [2.45, 2.75) is 95.7 Å². The predicted octanol–water partition coefficient (Wildman–Crippen LogP) is 13.0. The van der Waals surface area contributed by atoms with Crippen LogP contribution in [0.25, 0.3) is 55.0 Å². The largest absolute Gasteiger partial charge is 0.505 e. The van der Waals surface area contributed by atoms with E-state index in [-0.39, 0.29) is 64.7 Å². The normalized spacial score (nSPS) is 19.0. The van der Waals surface area contributed by atoms with Crippen molar-refractivity contribution >= 4 is 43.6 Å². The first-order valence-corrected chi connectivity index (χ1v) is 21.9. The summed E-state index contributed by atoms with van der Waals surface area (Å²) in [6.07, 6.45) is 10.0. The number of aromatic hydroxyl groups is 2. The van der Waals surface area contributed by atoms with Gasteiger partial charge in [0.15, 0.2) is 25.4 Å². The van der Waals surface area contributed by atoms with Crippen molar-refractivity contribution in [1.29, 1.82) is 0 Å². The number of benzene rings is 6. The third-order valence-corrected chi connectivity index (χ3v) is 13.5. The van der Waals surface area contributed by atoms with Crippen molar-refractivity contribution in [3.8, 4) is 22.9 Å².